The number of halogens is 1. The van der Waals surface area contributed by atoms with Gasteiger partial charge in [0.15, 0.2) is 14.6 Å². The molecule has 2 rings (SSSR count). The lowest BCUT2D eigenvalue weighted by atomic mass is 9.96. The van der Waals surface area contributed by atoms with Gasteiger partial charge < -0.3 is 10.6 Å². The number of sulfone groups is 1. The summed E-state index contributed by atoms with van der Waals surface area (Å²) in [5.74, 6) is 0.360. The molecule has 0 aliphatic carbocycles. The molecule has 1 aliphatic rings. The van der Waals surface area contributed by atoms with Crippen LogP contribution in [-0.4, -0.2) is 50.7 Å². The van der Waals surface area contributed by atoms with E-state index in [1.54, 1.807) is 11.8 Å². The van der Waals surface area contributed by atoms with Crippen LogP contribution >= 0.6 is 24.2 Å². The number of hydrogen-bond donors (Lipinski definition) is 2. The van der Waals surface area contributed by atoms with Crippen LogP contribution in [0.1, 0.15) is 18.4 Å². The van der Waals surface area contributed by atoms with Crippen LogP contribution in [0.15, 0.2) is 29.2 Å². The second kappa shape index (κ2) is 9.08. The van der Waals surface area contributed by atoms with Gasteiger partial charge in [-0.15, -0.1) is 24.2 Å². The first-order chi connectivity index (χ1) is 10.8. The molecule has 8 heteroatoms. The van der Waals surface area contributed by atoms with Gasteiger partial charge in [-0.25, -0.2) is 8.42 Å². The highest BCUT2D eigenvalue weighted by atomic mass is 35.5. The lowest BCUT2D eigenvalue weighted by Crippen LogP contribution is -2.57. The summed E-state index contributed by atoms with van der Waals surface area (Å²) in [6.45, 7) is 3.61. The van der Waals surface area contributed by atoms with Gasteiger partial charge in [0.25, 0.3) is 0 Å². The maximum atomic E-state index is 12.5. The maximum absolute atomic E-state index is 12.5. The molecule has 136 valence electrons. The zero-order valence-electron chi connectivity index (χ0n) is 14.0. The summed E-state index contributed by atoms with van der Waals surface area (Å²) < 4.78 is 23.0. The second-order valence-corrected chi connectivity index (χ2v) is 9.43. The predicted molar refractivity (Wildman–Crippen MR) is 102 cm³/mol. The Balaban J connectivity index is 0.00000288. The minimum absolute atomic E-state index is 0. The highest BCUT2D eigenvalue weighted by Crippen LogP contribution is 2.28. The number of benzene rings is 1. The fourth-order valence-corrected chi connectivity index (χ4v) is 4.85. The lowest BCUT2D eigenvalue weighted by Gasteiger charge is -2.34. The molecule has 0 atom stereocenters. The summed E-state index contributed by atoms with van der Waals surface area (Å²) in [5, 5.41) is 5.93. The summed E-state index contributed by atoms with van der Waals surface area (Å²) in [6.07, 6.45) is 1.84. The van der Waals surface area contributed by atoms with Gasteiger partial charge in [0, 0.05) is 23.4 Å². The number of carbonyl (C=O) groups is 1. The summed E-state index contributed by atoms with van der Waals surface area (Å²) in [4.78, 5) is 13.6. The van der Waals surface area contributed by atoms with Gasteiger partial charge in [0.2, 0.25) is 5.91 Å². The van der Waals surface area contributed by atoms with E-state index in [-0.39, 0.29) is 18.3 Å². The summed E-state index contributed by atoms with van der Waals surface area (Å²) in [7, 11) is -3.44. The quantitative estimate of drug-likeness (QED) is 0.570. The average Bonchev–Trinajstić information content (AvgIpc) is 2.52. The molecule has 1 amide bonds. The van der Waals surface area contributed by atoms with E-state index < -0.39 is 14.6 Å². The summed E-state index contributed by atoms with van der Waals surface area (Å²) in [6, 6.07) is 8.20. The number of hydrogen-bond acceptors (Lipinski definition) is 5. The Morgan fingerprint density at radius 2 is 1.83 bits per heavy atom. The first-order valence-electron chi connectivity index (χ1n) is 7.73. The van der Waals surface area contributed by atoms with Crippen molar-refractivity contribution >= 4 is 39.9 Å². The molecule has 0 spiro atoms. The van der Waals surface area contributed by atoms with Crippen molar-refractivity contribution in [1.82, 2.24) is 10.6 Å². The third-order valence-electron chi connectivity index (χ3n) is 4.21. The van der Waals surface area contributed by atoms with Crippen molar-refractivity contribution in [3.63, 3.8) is 0 Å². The summed E-state index contributed by atoms with van der Waals surface area (Å²) >= 11 is 1.65. The van der Waals surface area contributed by atoms with Gasteiger partial charge in [0.1, 0.15) is 0 Å². The number of nitrogens with one attached hydrogen (secondary N) is 2. The molecule has 1 heterocycles. The van der Waals surface area contributed by atoms with Gasteiger partial charge in [-0.05, 0) is 45.0 Å². The largest absolute Gasteiger partial charge is 0.354 e. The molecule has 0 aromatic heterocycles. The fourth-order valence-electron chi connectivity index (χ4n) is 2.73. The van der Waals surface area contributed by atoms with Crippen LogP contribution in [0, 0.1) is 6.92 Å². The van der Waals surface area contributed by atoms with Crippen molar-refractivity contribution in [2.75, 3.05) is 31.6 Å². The van der Waals surface area contributed by atoms with Crippen LogP contribution in [0.25, 0.3) is 0 Å². The number of rotatable bonds is 6. The zero-order chi connectivity index (χ0) is 16.9. The third kappa shape index (κ3) is 5.12. The van der Waals surface area contributed by atoms with E-state index in [4.69, 9.17) is 0 Å². The van der Waals surface area contributed by atoms with Crippen LogP contribution < -0.4 is 10.6 Å². The molecule has 1 aromatic carbocycles. The van der Waals surface area contributed by atoms with Crippen LogP contribution in [0.5, 0.6) is 0 Å². The molecule has 1 saturated heterocycles. The van der Waals surface area contributed by atoms with Crippen molar-refractivity contribution in [2.24, 2.45) is 0 Å². The predicted octanol–water partition coefficient (Wildman–Crippen LogP) is 1.79. The molecular weight excluding hydrogens is 368 g/mol. The monoisotopic (exact) mass is 392 g/mol. The number of carbonyl (C=O) groups excluding carboxylic acids is 1. The SMILES string of the molecule is Cc1ccc(SCCNC(=O)C2(S(C)(=O)=O)CCNCC2)cc1.Cl. The standard InChI is InChI=1S/C16H24N2O3S2.ClH/c1-13-3-5-14(6-4-13)22-12-11-18-15(19)16(23(2,20)21)7-9-17-10-8-16;/h3-6,17H,7-12H2,1-2H3,(H,18,19);1H. The lowest BCUT2D eigenvalue weighted by molar-refractivity contribution is -0.124. The number of piperidine rings is 1. The van der Waals surface area contributed by atoms with E-state index >= 15 is 0 Å². The minimum atomic E-state index is -3.44. The third-order valence-corrected chi connectivity index (χ3v) is 7.24. The second-order valence-electron chi connectivity index (χ2n) is 5.93. The molecule has 5 nitrogen and oxygen atoms in total. The Bertz CT molecular complexity index is 642. The molecule has 24 heavy (non-hydrogen) atoms. The van der Waals surface area contributed by atoms with E-state index in [1.807, 2.05) is 19.1 Å². The number of aryl methyl sites for hydroxylation is 1. The Kier molecular flexibility index (Phi) is 8.05. The Hall–Kier alpha value is -0.760. The molecule has 0 radical (unpaired) electrons. The smallest absolute Gasteiger partial charge is 0.241 e. The zero-order valence-corrected chi connectivity index (χ0v) is 16.5. The average molecular weight is 393 g/mol. The van der Waals surface area contributed by atoms with Gasteiger partial charge in [-0.3, -0.25) is 4.79 Å². The van der Waals surface area contributed by atoms with Crippen molar-refractivity contribution in [3.8, 4) is 0 Å². The van der Waals surface area contributed by atoms with Gasteiger partial charge in [-0.1, -0.05) is 17.7 Å². The maximum Gasteiger partial charge on any atom is 0.241 e. The van der Waals surface area contributed by atoms with Crippen LogP contribution in [0.2, 0.25) is 0 Å². The topological polar surface area (TPSA) is 75.3 Å². The van der Waals surface area contributed by atoms with Crippen molar-refractivity contribution < 1.29 is 13.2 Å². The first-order valence-corrected chi connectivity index (χ1v) is 10.6. The molecule has 0 saturated carbocycles. The van der Waals surface area contributed by atoms with Crippen LogP contribution in [-0.2, 0) is 14.6 Å². The van der Waals surface area contributed by atoms with E-state index in [0.29, 0.717) is 38.2 Å². The van der Waals surface area contributed by atoms with E-state index in [1.165, 1.54) is 11.8 Å². The van der Waals surface area contributed by atoms with Gasteiger partial charge in [0.05, 0.1) is 0 Å². The van der Waals surface area contributed by atoms with Crippen molar-refractivity contribution in [1.29, 1.82) is 0 Å². The van der Waals surface area contributed by atoms with Gasteiger partial charge >= 0.3 is 0 Å². The number of amides is 1. The molecule has 1 aromatic rings. The van der Waals surface area contributed by atoms with E-state index in [9.17, 15) is 13.2 Å². The molecule has 1 fully saturated rings. The van der Waals surface area contributed by atoms with Gasteiger partial charge in [-0.2, -0.15) is 0 Å². The molecule has 2 N–H and O–H groups in total. The highest BCUT2D eigenvalue weighted by Gasteiger charge is 2.48. The van der Waals surface area contributed by atoms with Crippen LogP contribution in [0.4, 0.5) is 0 Å². The molecule has 0 bridgehead atoms. The number of thioether (sulfide) groups is 1. The first kappa shape index (κ1) is 21.3. The summed E-state index contributed by atoms with van der Waals surface area (Å²) in [5.41, 5.74) is 1.21. The van der Waals surface area contributed by atoms with Crippen LogP contribution in [0.3, 0.4) is 0 Å². The Morgan fingerprint density at radius 1 is 1.25 bits per heavy atom. The Morgan fingerprint density at radius 3 is 2.38 bits per heavy atom. The van der Waals surface area contributed by atoms with Crippen molar-refractivity contribution in [3.05, 3.63) is 29.8 Å². The minimum Gasteiger partial charge on any atom is -0.354 e. The highest BCUT2D eigenvalue weighted by molar-refractivity contribution is 7.99. The fraction of sp³-hybridized carbons (Fsp3) is 0.562. The van der Waals surface area contributed by atoms with E-state index in [2.05, 4.69) is 22.8 Å². The Labute approximate surface area is 154 Å². The van der Waals surface area contributed by atoms with E-state index in [0.717, 1.165) is 4.90 Å². The molecule has 1 aliphatic heterocycles. The molecule has 0 unspecified atom stereocenters. The molecular formula is C16H25ClN2O3S2. The normalized spacial score (nSPS) is 16.9. The van der Waals surface area contributed by atoms with Crippen molar-refractivity contribution in [2.45, 2.75) is 29.4 Å².